The van der Waals surface area contributed by atoms with E-state index < -0.39 is 0 Å². The topological polar surface area (TPSA) is 43.7 Å². The summed E-state index contributed by atoms with van der Waals surface area (Å²) in [6.07, 6.45) is 0. The van der Waals surface area contributed by atoms with Gasteiger partial charge in [-0.2, -0.15) is 0 Å². The zero-order valence-electron chi connectivity index (χ0n) is 6.57. The first-order chi connectivity index (χ1) is 5.09. The summed E-state index contributed by atoms with van der Waals surface area (Å²) in [5, 5.41) is 18.1. The Bertz CT molecular complexity index is 238. The van der Waals surface area contributed by atoms with Crippen molar-refractivity contribution in [3.8, 4) is 11.5 Å². The van der Waals surface area contributed by atoms with Crippen LogP contribution in [0.2, 0.25) is 0 Å². The number of anilines is 1. The predicted molar refractivity (Wildman–Crippen MR) is 44.1 cm³/mol. The van der Waals surface area contributed by atoms with Crippen LogP contribution in [-0.2, 0) is 0 Å². The summed E-state index contributed by atoms with van der Waals surface area (Å²) in [4.78, 5) is 1.80. The number of aromatic hydroxyl groups is 2. The Morgan fingerprint density at radius 3 is 1.82 bits per heavy atom. The van der Waals surface area contributed by atoms with E-state index in [1.54, 1.807) is 17.0 Å². The van der Waals surface area contributed by atoms with Crippen LogP contribution in [-0.4, -0.2) is 24.3 Å². The highest BCUT2D eigenvalue weighted by molar-refractivity contribution is 5.53. The predicted octanol–water partition coefficient (Wildman–Crippen LogP) is 1.16. The maximum Gasteiger partial charge on any atom is 0.121 e. The quantitative estimate of drug-likeness (QED) is 0.636. The van der Waals surface area contributed by atoms with Gasteiger partial charge in [-0.3, -0.25) is 0 Å². The highest BCUT2D eigenvalue weighted by atomic mass is 16.3. The molecule has 0 atom stereocenters. The van der Waals surface area contributed by atoms with Gasteiger partial charge in [0, 0.05) is 38.0 Å². The first-order valence-corrected chi connectivity index (χ1v) is 3.30. The van der Waals surface area contributed by atoms with Crippen molar-refractivity contribution in [1.82, 2.24) is 0 Å². The highest BCUT2D eigenvalue weighted by Gasteiger charge is 1.99. The summed E-state index contributed by atoms with van der Waals surface area (Å²) in [6, 6.07) is 4.46. The molecule has 0 saturated heterocycles. The molecule has 2 N–H and O–H groups in total. The van der Waals surface area contributed by atoms with E-state index in [-0.39, 0.29) is 11.5 Å². The van der Waals surface area contributed by atoms with Gasteiger partial charge < -0.3 is 15.1 Å². The van der Waals surface area contributed by atoms with E-state index in [0.29, 0.717) is 0 Å². The third kappa shape index (κ3) is 1.77. The van der Waals surface area contributed by atoms with Gasteiger partial charge in [0.15, 0.2) is 0 Å². The number of phenols is 2. The van der Waals surface area contributed by atoms with E-state index >= 15 is 0 Å². The summed E-state index contributed by atoms with van der Waals surface area (Å²) in [7, 11) is 3.68. The van der Waals surface area contributed by atoms with E-state index in [2.05, 4.69) is 0 Å². The summed E-state index contributed by atoms with van der Waals surface area (Å²) in [5.41, 5.74) is 0.780. The van der Waals surface area contributed by atoms with Crippen molar-refractivity contribution in [2.24, 2.45) is 0 Å². The fraction of sp³-hybridized carbons (Fsp3) is 0.250. The minimum atomic E-state index is 0.0775. The smallest absolute Gasteiger partial charge is 0.121 e. The van der Waals surface area contributed by atoms with Crippen molar-refractivity contribution in [2.75, 3.05) is 19.0 Å². The molecule has 3 heteroatoms. The molecule has 1 aromatic carbocycles. The third-order valence-electron chi connectivity index (χ3n) is 1.40. The molecule has 0 bridgehead atoms. The molecule has 0 aromatic heterocycles. The minimum absolute atomic E-state index is 0.0775. The Hall–Kier alpha value is -1.38. The van der Waals surface area contributed by atoms with Crippen molar-refractivity contribution in [3.63, 3.8) is 0 Å². The highest BCUT2D eigenvalue weighted by Crippen LogP contribution is 2.25. The molecule has 0 radical (unpaired) electrons. The van der Waals surface area contributed by atoms with Crippen molar-refractivity contribution < 1.29 is 10.2 Å². The Kier molecular flexibility index (Phi) is 1.89. The van der Waals surface area contributed by atoms with Crippen molar-refractivity contribution in [3.05, 3.63) is 18.2 Å². The van der Waals surface area contributed by atoms with Gasteiger partial charge in [0.05, 0.1) is 0 Å². The van der Waals surface area contributed by atoms with Crippen LogP contribution in [0.5, 0.6) is 11.5 Å². The van der Waals surface area contributed by atoms with Crippen LogP contribution in [0.25, 0.3) is 0 Å². The molecular formula is C8H11NO2. The van der Waals surface area contributed by atoms with Gasteiger partial charge in [-0.1, -0.05) is 0 Å². The molecule has 11 heavy (non-hydrogen) atoms. The van der Waals surface area contributed by atoms with E-state index in [0.717, 1.165) is 5.69 Å². The van der Waals surface area contributed by atoms with Crippen LogP contribution in [0.3, 0.4) is 0 Å². The number of rotatable bonds is 1. The zero-order chi connectivity index (χ0) is 8.43. The summed E-state index contributed by atoms with van der Waals surface area (Å²) >= 11 is 0. The Labute approximate surface area is 65.5 Å². The molecule has 0 heterocycles. The van der Waals surface area contributed by atoms with Gasteiger partial charge in [0.2, 0.25) is 0 Å². The number of hydrogen-bond acceptors (Lipinski definition) is 3. The lowest BCUT2D eigenvalue weighted by Crippen LogP contribution is -2.07. The second-order valence-electron chi connectivity index (χ2n) is 2.60. The third-order valence-corrected chi connectivity index (χ3v) is 1.40. The van der Waals surface area contributed by atoms with Crippen LogP contribution in [0, 0.1) is 0 Å². The van der Waals surface area contributed by atoms with Crippen molar-refractivity contribution in [1.29, 1.82) is 0 Å². The SMILES string of the molecule is CN(C)c1cc(O)cc(O)c1. The Morgan fingerprint density at radius 1 is 1.00 bits per heavy atom. The first kappa shape index (κ1) is 7.72. The summed E-state index contributed by atoms with van der Waals surface area (Å²) < 4.78 is 0. The molecule has 0 spiro atoms. The lowest BCUT2D eigenvalue weighted by molar-refractivity contribution is 0.451. The largest absolute Gasteiger partial charge is 0.508 e. The summed E-state index contributed by atoms with van der Waals surface area (Å²) in [5.74, 6) is 0.155. The second-order valence-corrected chi connectivity index (χ2v) is 2.60. The van der Waals surface area contributed by atoms with Gasteiger partial charge in [-0.05, 0) is 0 Å². The van der Waals surface area contributed by atoms with Gasteiger partial charge in [0.1, 0.15) is 11.5 Å². The van der Waals surface area contributed by atoms with E-state index in [9.17, 15) is 0 Å². The average Bonchev–Trinajstić information content (AvgIpc) is 1.85. The lowest BCUT2D eigenvalue weighted by Gasteiger charge is -2.12. The maximum absolute atomic E-state index is 9.06. The molecule has 0 aliphatic heterocycles. The molecule has 0 aliphatic rings. The standard InChI is InChI=1S/C8H11NO2/c1-9(2)6-3-7(10)5-8(11)4-6/h3-5,10-11H,1-2H3. The van der Waals surface area contributed by atoms with Gasteiger partial charge in [0.25, 0.3) is 0 Å². The minimum Gasteiger partial charge on any atom is -0.508 e. The van der Waals surface area contributed by atoms with Gasteiger partial charge >= 0.3 is 0 Å². The second kappa shape index (κ2) is 2.70. The van der Waals surface area contributed by atoms with Crippen molar-refractivity contribution >= 4 is 5.69 Å². The zero-order valence-corrected chi connectivity index (χ0v) is 6.57. The van der Waals surface area contributed by atoms with Crippen LogP contribution < -0.4 is 4.90 Å². The number of phenolic OH excluding ortho intramolecular Hbond substituents is 2. The average molecular weight is 153 g/mol. The van der Waals surface area contributed by atoms with Crippen LogP contribution in [0.15, 0.2) is 18.2 Å². The van der Waals surface area contributed by atoms with E-state index in [1.807, 2.05) is 14.1 Å². The van der Waals surface area contributed by atoms with E-state index in [4.69, 9.17) is 10.2 Å². The molecule has 1 aromatic rings. The van der Waals surface area contributed by atoms with Gasteiger partial charge in [-0.15, -0.1) is 0 Å². The van der Waals surface area contributed by atoms with Crippen LogP contribution in [0.1, 0.15) is 0 Å². The fourth-order valence-corrected chi connectivity index (χ4v) is 0.838. The Balaban J connectivity index is 3.08. The van der Waals surface area contributed by atoms with E-state index in [1.165, 1.54) is 6.07 Å². The number of hydrogen-bond donors (Lipinski definition) is 2. The van der Waals surface area contributed by atoms with Crippen molar-refractivity contribution in [2.45, 2.75) is 0 Å². The molecule has 0 unspecified atom stereocenters. The molecule has 0 amide bonds. The van der Waals surface area contributed by atoms with Crippen LogP contribution in [0.4, 0.5) is 5.69 Å². The van der Waals surface area contributed by atoms with Crippen LogP contribution >= 0.6 is 0 Å². The number of benzene rings is 1. The normalized spacial score (nSPS) is 9.64. The fourth-order valence-electron chi connectivity index (χ4n) is 0.838. The first-order valence-electron chi connectivity index (χ1n) is 3.30. The Morgan fingerprint density at radius 2 is 1.45 bits per heavy atom. The monoisotopic (exact) mass is 153 g/mol. The molecule has 0 saturated carbocycles. The molecule has 1 rings (SSSR count). The molecule has 0 fully saturated rings. The van der Waals surface area contributed by atoms with Gasteiger partial charge in [-0.25, -0.2) is 0 Å². The molecule has 60 valence electrons. The molecule has 0 aliphatic carbocycles. The lowest BCUT2D eigenvalue weighted by atomic mass is 10.2. The number of nitrogens with zero attached hydrogens (tertiary/aromatic N) is 1. The summed E-state index contributed by atoms with van der Waals surface area (Å²) in [6.45, 7) is 0. The molecule has 3 nitrogen and oxygen atoms in total. The molecular weight excluding hydrogens is 142 g/mol. The maximum atomic E-state index is 9.06.